The van der Waals surface area contributed by atoms with E-state index in [-0.39, 0.29) is 23.0 Å². The number of hydrogen-bond acceptors (Lipinski definition) is 6. The van der Waals surface area contributed by atoms with Crippen LogP contribution >= 0.6 is 0 Å². The zero-order valence-electron chi connectivity index (χ0n) is 27.5. The molecule has 0 radical (unpaired) electrons. The number of nitrogens with zero attached hydrogens (tertiary/aromatic N) is 1. The summed E-state index contributed by atoms with van der Waals surface area (Å²) in [6.07, 6.45) is 15.6. The highest BCUT2D eigenvalue weighted by Crippen LogP contribution is 2.50. The zero-order chi connectivity index (χ0) is 32.4. The van der Waals surface area contributed by atoms with Crippen LogP contribution in [-0.4, -0.2) is 44.1 Å². The van der Waals surface area contributed by atoms with Crippen molar-refractivity contribution < 1.29 is 20.1 Å². The van der Waals surface area contributed by atoms with Gasteiger partial charge in [-0.1, -0.05) is 51.0 Å². The molecule has 1 aromatic carbocycles. The average molecular weight is 628 g/mol. The van der Waals surface area contributed by atoms with Crippen LogP contribution in [0.25, 0.3) is 0 Å². The summed E-state index contributed by atoms with van der Waals surface area (Å²) in [5.74, 6) is 8.04. The Kier molecular flexibility index (Phi) is 12.1. The molecule has 2 aliphatic carbocycles. The van der Waals surface area contributed by atoms with E-state index >= 15 is 0 Å². The van der Waals surface area contributed by atoms with Gasteiger partial charge in [0.15, 0.2) is 11.5 Å². The van der Waals surface area contributed by atoms with Crippen LogP contribution in [-0.2, 0) is 11.8 Å². The van der Waals surface area contributed by atoms with E-state index in [4.69, 9.17) is 10.5 Å². The Morgan fingerprint density at radius 1 is 1.07 bits per heavy atom. The molecule has 3 aromatic rings. The molecule has 0 spiro atoms. The van der Waals surface area contributed by atoms with Crippen LogP contribution in [0.15, 0.2) is 54.9 Å². The Bertz CT molecular complexity index is 1420. The number of benzene rings is 1. The summed E-state index contributed by atoms with van der Waals surface area (Å²) in [6, 6.07) is 13.8. The number of nitrogen functional groups attached to an aromatic ring is 1. The Labute approximate surface area is 275 Å². The molecule has 5 rings (SSSR count). The fraction of sp³-hybridized carbons (Fsp3) is 0.564. The van der Waals surface area contributed by atoms with Gasteiger partial charge in [0, 0.05) is 41.8 Å². The van der Waals surface area contributed by atoms with Crippen LogP contribution < -0.4 is 10.5 Å². The molecule has 248 valence electrons. The monoisotopic (exact) mass is 627 g/mol. The Hall–Kier alpha value is -3.47. The first kappa shape index (κ1) is 33.9. The Morgan fingerprint density at radius 2 is 1.89 bits per heavy atom. The molecule has 7 nitrogen and oxygen atoms in total. The number of H-pyrrole nitrogens is 1. The molecule has 0 saturated heterocycles. The Balaban J connectivity index is 1.26. The van der Waals surface area contributed by atoms with Crippen LogP contribution in [0.1, 0.15) is 113 Å². The first-order chi connectivity index (χ1) is 22.4. The van der Waals surface area contributed by atoms with Gasteiger partial charge in [0.25, 0.3) is 0 Å². The molecule has 2 aromatic heterocycles. The first-order valence-electron chi connectivity index (χ1n) is 17.5. The maximum Gasteiger partial charge on any atom is 0.161 e. The predicted molar refractivity (Wildman–Crippen MR) is 184 cm³/mol. The van der Waals surface area contributed by atoms with Gasteiger partial charge in [-0.3, -0.25) is 0 Å². The summed E-state index contributed by atoms with van der Waals surface area (Å²) in [4.78, 5) is 7.79. The fourth-order valence-corrected chi connectivity index (χ4v) is 7.90. The number of aromatic hydroxyl groups is 1. The summed E-state index contributed by atoms with van der Waals surface area (Å²) in [7, 11) is 0. The number of aromatic nitrogens is 2. The number of ether oxygens (including phenoxy) is 1. The fourth-order valence-electron chi connectivity index (χ4n) is 7.90. The quantitative estimate of drug-likeness (QED) is 0.133. The molecule has 2 aliphatic rings. The summed E-state index contributed by atoms with van der Waals surface area (Å²) in [5.41, 5.74) is 9.51. The second kappa shape index (κ2) is 16.4. The molecule has 0 bridgehead atoms. The summed E-state index contributed by atoms with van der Waals surface area (Å²) in [6.45, 7) is 2.61. The largest absolute Gasteiger partial charge is 0.504 e. The van der Waals surface area contributed by atoms with Crippen molar-refractivity contribution in [1.29, 1.82) is 0 Å². The predicted octanol–water partition coefficient (Wildman–Crippen LogP) is 7.42. The highest BCUT2D eigenvalue weighted by atomic mass is 16.5. The van der Waals surface area contributed by atoms with E-state index in [1.54, 1.807) is 12.3 Å². The number of hydrogen-bond donors (Lipinski definition) is 5. The third-order valence-corrected chi connectivity index (χ3v) is 10.6. The van der Waals surface area contributed by atoms with Gasteiger partial charge in [-0.15, -0.1) is 5.92 Å². The van der Waals surface area contributed by atoms with Crippen molar-refractivity contribution in [2.24, 2.45) is 11.8 Å². The SMILES string of the molecule is CCC1C#CCC(C(O)CCc2ccc(O)c(OCCC(c3ccnc(N)c3)C3(c4ccc[nH]4)CCCCC3)c2)C(O)CCCC1. The molecule has 2 heterocycles. The van der Waals surface area contributed by atoms with Gasteiger partial charge in [0.1, 0.15) is 5.82 Å². The van der Waals surface area contributed by atoms with E-state index in [2.05, 4.69) is 46.9 Å². The van der Waals surface area contributed by atoms with Crippen molar-refractivity contribution >= 4 is 5.82 Å². The molecule has 0 amide bonds. The minimum Gasteiger partial charge on any atom is -0.504 e. The van der Waals surface area contributed by atoms with Crippen molar-refractivity contribution in [3.05, 3.63) is 71.7 Å². The van der Waals surface area contributed by atoms with Gasteiger partial charge < -0.3 is 30.8 Å². The van der Waals surface area contributed by atoms with Gasteiger partial charge >= 0.3 is 0 Å². The van der Waals surface area contributed by atoms with Gasteiger partial charge in [-0.25, -0.2) is 4.98 Å². The van der Waals surface area contributed by atoms with Gasteiger partial charge in [0.05, 0.1) is 18.8 Å². The molecular formula is C39H53N3O4. The number of rotatable bonds is 12. The number of aryl methyl sites for hydroxylation is 1. The zero-order valence-corrected chi connectivity index (χ0v) is 27.5. The number of aromatic amines is 1. The van der Waals surface area contributed by atoms with E-state index < -0.39 is 12.2 Å². The third kappa shape index (κ3) is 8.46. The van der Waals surface area contributed by atoms with Crippen LogP contribution in [0.3, 0.4) is 0 Å². The smallest absolute Gasteiger partial charge is 0.161 e. The van der Waals surface area contributed by atoms with Crippen LogP contribution in [0, 0.1) is 23.7 Å². The number of phenolic OH excluding ortho intramolecular Hbond substituents is 1. The van der Waals surface area contributed by atoms with E-state index in [9.17, 15) is 15.3 Å². The normalized spacial score (nSPS) is 23.1. The summed E-state index contributed by atoms with van der Waals surface area (Å²) >= 11 is 0. The van der Waals surface area contributed by atoms with E-state index in [0.717, 1.165) is 56.1 Å². The maximum atomic E-state index is 11.2. The van der Waals surface area contributed by atoms with Crippen LogP contribution in [0.5, 0.6) is 11.5 Å². The molecule has 6 N–H and O–H groups in total. The highest BCUT2D eigenvalue weighted by molar-refractivity contribution is 5.42. The average Bonchev–Trinajstić information content (AvgIpc) is 3.62. The van der Waals surface area contributed by atoms with E-state index in [1.807, 2.05) is 24.4 Å². The molecule has 0 aliphatic heterocycles. The minimum absolute atomic E-state index is 0.0551. The number of aliphatic hydroxyl groups is 2. The lowest BCUT2D eigenvalue weighted by atomic mass is 9.61. The molecular weight excluding hydrogens is 574 g/mol. The Morgan fingerprint density at radius 3 is 2.65 bits per heavy atom. The number of phenols is 1. The van der Waals surface area contributed by atoms with Gasteiger partial charge in [0.2, 0.25) is 0 Å². The van der Waals surface area contributed by atoms with Crippen LogP contribution in [0.2, 0.25) is 0 Å². The molecule has 7 heteroatoms. The molecule has 1 fully saturated rings. The van der Waals surface area contributed by atoms with Crippen LogP contribution in [0.4, 0.5) is 5.82 Å². The molecule has 1 saturated carbocycles. The number of pyridine rings is 1. The van der Waals surface area contributed by atoms with E-state index in [0.29, 0.717) is 49.8 Å². The van der Waals surface area contributed by atoms with Crippen molar-refractivity contribution in [3.8, 4) is 23.3 Å². The standard InChI is InChI=1S/C39H53N3O4/c1-2-28-10-4-5-13-33(43)31(12-8-11-28)34(44)17-15-29-16-18-35(45)36(26-29)46-25-20-32(30-19-24-42-38(40)27-30)39(21-6-3-7-22-39)37-14-9-23-41-37/h9,14,16,18-19,23-24,26-28,31-34,41,43-45H,2-7,10,12-13,15,17,20-22,25H2,1H3,(H2,40,42). The van der Waals surface area contributed by atoms with Crippen molar-refractivity contribution in [2.45, 2.75) is 120 Å². The highest BCUT2D eigenvalue weighted by Gasteiger charge is 2.42. The molecule has 5 unspecified atom stereocenters. The van der Waals surface area contributed by atoms with Crippen molar-refractivity contribution in [1.82, 2.24) is 9.97 Å². The lowest BCUT2D eigenvalue weighted by Crippen LogP contribution is -2.37. The lowest BCUT2D eigenvalue weighted by molar-refractivity contribution is 0.00559. The minimum atomic E-state index is -0.657. The van der Waals surface area contributed by atoms with Gasteiger partial charge in [-0.2, -0.15) is 0 Å². The maximum absolute atomic E-state index is 11.2. The molecule has 5 atom stereocenters. The first-order valence-corrected chi connectivity index (χ1v) is 17.5. The number of nitrogens with two attached hydrogens (primary N) is 1. The second-order valence-electron chi connectivity index (χ2n) is 13.6. The second-order valence-corrected chi connectivity index (χ2v) is 13.6. The third-order valence-electron chi connectivity index (χ3n) is 10.6. The lowest BCUT2D eigenvalue weighted by Gasteiger charge is -2.44. The topological polar surface area (TPSA) is 125 Å². The number of aliphatic hydroxyl groups excluding tert-OH is 2. The van der Waals surface area contributed by atoms with Crippen molar-refractivity contribution in [2.75, 3.05) is 12.3 Å². The molecule has 46 heavy (non-hydrogen) atoms. The van der Waals surface area contributed by atoms with Crippen molar-refractivity contribution in [3.63, 3.8) is 0 Å². The van der Waals surface area contributed by atoms with E-state index in [1.165, 1.54) is 25.0 Å². The number of anilines is 1. The van der Waals surface area contributed by atoms with Gasteiger partial charge in [-0.05, 0) is 105 Å². The number of nitrogens with one attached hydrogen (secondary N) is 1. The summed E-state index contributed by atoms with van der Waals surface area (Å²) < 4.78 is 6.30. The summed E-state index contributed by atoms with van der Waals surface area (Å²) in [5, 5.41) is 32.8.